The van der Waals surface area contributed by atoms with Crippen molar-refractivity contribution in [2.45, 2.75) is 84.0 Å². The minimum Gasteiger partial charge on any atom is -0.464 e. The summed E-state index contributed by atoms with van der Waals surface area (Å²) in [5, 5.41) is 2.77. The number of allylic oxidation sites excluding steroid dienone is 8. The first-order valence-corrected chi connectivity index (χ1v) is 17.2. The Bertz CT molecular complexity index is 846. The Hall–Kier alpha value is -1.99. The Morgan fingerprint density at radius 3 is 1.88 bits per heavy atom. The molecule has 0 aliphatic rings. The van der Waals surface area contributed by atoms with Crippen LogP contribution in [0.2, 0.25) is 0 Å². The number of rotatable bonds is 26. The smallest absolute Gasteiger partial charge is 0.327 e. The van der Waals surface area contributed by atoms with Crippen molar-refractivity contribution in [3.8, 4) is 0 Å². The lowest BCUT2D eigenvalue weighted by molar-refractivity contribution is -0.870. The van der Waals surface area contributed by atoms with Crippen molar-refractivity contribution < 1.29 is 32.4 Å². The average molecular weight is 598 g/mol. The van der Waals surface area contributed by atoms with E-state index in [-0.39, 0.29) is 38.1 Å². The quantitative estimate of drug-likeness (QED) is 0.0375. The predicted octanol–water partition coefficient (Wildman–Crippen LogP) is 7.13. The molecule has 41 heavy (non-hydrogen) atoms. The first kappa shape index (κ1) is 39.0. The summed E-state index contributed by atoms with van der Waals surface area (Å²) in [7, 11) is 2.95. The molecule has 0 saturated heterocycles. The number of hydrogen-bond donors (Lipinski definition) is 1. The first-order valence-electron chi connectivity index (χ1n) is 15.2. The topological polar surface area (TPSA) is 90.9 Å². The monoisotopic (exact) mass is 597 g/mol. The van der Waals surface area contributed by atoms with Gasteiger partial charge >= 0.3 is 13.6 Å². The fourth-order valence-corrected chi connectivity index (χ4v) is 4.37. The van der Waals surface area contributed by atoms with Crippen LogP contribution < -0.4 is 5.32 Å². The van der Waals surface area contributed by atoms with Gasteiger partial charge in [0.25, 0.3) is 0 Å². The van der Waals surface area contributed by atoms with Gasteiger partial charge in [-0.1, -0.05) is 68.4 Å². The van der Waals surface area contributed by atoms with Gasteiger partial charge in [-0.3, -0.25) is 14.2 Å². The predicted molar refractivity (Wildman–Crippen MR) is 170 cm³/mol. The van der Waals surface area contributed by atoms with E-state index in [2.05, 4.69) is 60.8 Å². The van der Waals surface area contributed by atoms with Crippen LogP contribution in [0.4, 0.5) is 0 Å². The third-order valence-corrected chi connectivity index (χ3v) is 7.16. The molecule has 0 aromatic carbocycles. The normalized spacial score (nSPS) is 14.0. The van der Waals surface area contributed by atoms with Gasteiger partial charge in [0, 0.05) is 19.5 Å². The van der Waals surface area contributed by atoms with Gasteiger partial charge in [-0.2, -0.15) is 0 Å². The van der Waals surface area contributed by atoms with Crippen LogP contribution in [0.3, 0.4) is 0 Å². The number of unbranched alkanes of at least 4 members (excludes halogenated alkanes) is 4. The van der Waals surface area contributed by atoms with E-state index >= 15 is 0 Å². The zero-order valence-electron chi connectivity index (χ0n) is 26.5. The molecular formula is C32H58N2O6P+. The molecule has 236 valence electrons. The summed E-state index contributed by atoms with van der Waals surface area (Å²) in [4.78, 5) is 23.8. The molecule has 0 bridgehead atoms. The molecule has 1 atom stereocenters. The molecule has 0 heterocycles. The summed E-state index contributed by atoms with van der Waals surface area (Å²) < 4.78 is 28.7. The van der Waals surface area contributed by atoms with Crippen molar-refractivity contribution in [2.75, 3.05) is 60.7 Å². The van der Waals surface area contributed by atoms with E-state index in [1.807, 2.05) is 21.1 Å². The number of ether oxygens (including phenoxy) is 1. The second-order valence-corrected chi connectivity index (χ2v) is 13.2. The van der Waals surface area contributed by atoms with Crippen molar-refractivity contribution in [1.29, 1.82) is 0 Å². The van der Waals surface area contributed by atoms with Gasteiger partial charge in [-0.15, -0.1) is 0 Å². The van der Waals surface area contributed by atoms with Gasteiger partial charge in [0.05, 0.1) is 34.3 Å². The van der Waals surface area contributed by atoms with Gasteiger partial charge < -0.3 is 23.6 Å². The number of carbonyl (C=O) groups excluding carboxylic acids is 2. The Labute approximate surface area is 250 Å². The Balaban J connectivity index is 3.66. The maximum Gasteiger partial charge on any atom is 0.327 e. The van der Waals surface area contributed by atoms with Crippen LogP contribution in [0.25, 0.3) is 0 Å². The van der Waals surface area contributed by atoms with Crippen molar-refractivity contribution in [1.82, 2.24) is 5.32 Å². The van der Waals surface area contributed by atoms with Gasteiger partial charge in [0.2, 0.25) is 5.91 Å². The lowest BCUT2D eigenvalue weighted by Crippen LogP contribution is -2.37. The molecule has 9 heteroatoms. The van der Waals surface area contributed by atoms with Crippen molar-refractivity contribution in [3.05, 3.63) is 48.6 Å². The fraction of sp³-hybridized carbons (Fsp3) is 0.688. The molecule has 0 saturated carbocycles. The van der Waals surface area contributed by atoms with E-state index in [0.717, 1.165) is 38.6 Å². The maximum absolute atomic E-state index is 12.2. The highest BCUT2D eigenvalue weighted by atomic mass is 31.2. The van der Waals surface area contributed by atoms with E-state index in [1.54, 1.807) is 0 Å². The van der Waals surface area contributed by atoms with Crippen LogP contribution in [0.1, 0.15) is 84.0 Å². The molecule has 1 unspecified atom stereocenters. The first-order chi connectivity index (χ1) is 19.6. The molecule has 0 spiro atoms. The standard InChI is InChI=1S/C32H57N2O6P/c1-6-7-8-9-10-11-12-13-14-15-16-17-18-19-20-21-22-24-31(35)33-26-29-38-32(36)25-23-28-39-41(5,37)40-30-27-34(2,3)4/h10-11,13-14,16-17,19-20H,6-9,12,15,18,21-30H2,1-5H3/p+1/b11-10-,14-13-,17-16-,20-19-. The molecule has 1 amide bonds. The number of quaternary nitrogens is 1. The van der Waals surface area contributed by atoms with Crippen LogP contribution in [0, 0.1) is 0 Å². The van der Waals surface area contributed by atoms with Crippen LogP contribution in [-0.4, -0.2) is 77.1 Å². The number of carbonyl (C=O) groups is 2. The Morgan fingerprint density at radius 2 is 1.29 bits per heavy atom. The minimum atomic E-state index is -3.13. The highest BCUT2D eigenvalue weighted by Crippen LogP contribution is 2.43. The summed E-state index contributed by atoms with van der Waals surface area (Å²) >= 11 is 0. The summed E-state index contributed by atoms with van der Waals surface area (Å²) in [6.45, 7) is 5.30. The third-order valence-electron chi connectivity index (χ3n) is 5.86. The summed E-state index contributed by atoms with van der Waals surface area (Å²) in [5.41, 5.74) is 0. The average Bonchev–Trinajstić information content (AvgIpc) is 2.90. The Kier molecular flexibility index (Phi) is 24.5. The molecule has 0 aliphatic carbocycles. The molecule has 0 aliphatic heterocycles. The van der Waals surface area contributed by atoms with E-state index in [4.69, 9.17) is 13.8 Å². The van der Waals surface area contributed by atoms with E-state index in [0.29, 0.717) is 23.9 Å². The molecule has 8 nitrogen and oxygen atoms in total. The maximum atomic E-state index is 12.2. The van der Waals surface area contributed by atoms with Gasteiger partial charge in [0.15, 0.2) is 0 Å². The Morgan fingerprint density at radius 1 is 0.732 bits per heavy atom. The molecule has 0 fully saturated rings. The number of nitrogens with one attached hydrogen (secondary N) is 1. The van der Waals surface area contributed by atoms with Crippen molar-refractivity contribution in [3.63, 3.8) is 0 Å². The molecular weight excluding hydrogens is 539 g/mol. The van der Waals surface area contributed by atoms with Crippen LogP contribution in [0.15, 0.2) is 48.6 Å². The van der Waals surface area contributed by atoms with Crippen molar-refractivity contribution in [2.24, 2.45) is 0 Å². The molecule has 1 N–H and O–H groups in total. The SMILES string of the molecule is CCCCC/C=C\C/C=C\C/C=C\C/C=C\CCCC(=O)NCCOC(=O)CCCOP(C)(=O)OCC[N+](C)(C)C. The zero-order chi connectivity index (χ0) is 30.7. The molecule has 0 radical (unpaired) electrons. The lowest BCUT2D eigenvalue weighted by atomic mass is 10.2. The third kappa shape index (κ3) is 30.8. The van der Waals surface area contributed by atoms with E-state index in [9.17, 15) is 14.2 Å². The molecule has 0 rings (SSSR count). The largest absolute Gasteiger partial charge is 0.464 e. The fourth-order valence-electron chi connectivity index (χ4n) is 3.42. The number of nitrogens with zero attached hydrogens (tertiary/aromatic N) is 1. The highest BCUT2D eigenvalue weighted by Gasteiger charge is 2.19. The second-order valence-electron chi connectivity index (χ2n) is 11.1. The van der Waals surface area contributed by atoms with E-state index < -0.39 is 7.60 Å². The number of amides is 1. The van der Waals surface area contributed by atoms with Crippen LogP contribution in [-0.2, 0) is 27.9 Å². The van der Waals surface area contributed by atoms with Gasteiger partial charge in [0.1, 0.15) is 19.8 Å². The summed E-state index contributed by atoms with van der Waals surface area (Å²) in [6, 6.07) is 0. The molecule has 0 aromatic heterocycles. The lowest BCUT2D eigenvalue weighted by Gasteiger charge is -2.24. The van der Waals surface area contributed by atoms with Crippen LogP contribution >= 0.6 is 7.60 Å². The van der Waals surface area contributed by atoms with Crippen LogP contribution in [0.5, 0.6) is 0 Å². The van der Waals surface area contributed by atoms with Gasteiger partial charge in [-0.25, -0.2) is 0 Å². The zero-order valence-corrected chi connectivity index (χ0v) is 27.4. The van der Waals surface area contributed by atoms with Crippen molar-refractivity contribution >= 4 is 19.5 Å². The number of hydrogen-bond acceptors (Lipinski definition) is 6. The second kappa shape index (κ2) is 25.7. The summed E-state index contributed by atoms with van der Waals surface area (Å²) in [5.74, 6) is -0.422. The number of esters is 1. The highest BCUT2D eigenvalue weighted by molar-refractivity contribution is 7.52. The van der Waals surface area contributed by atoms with E-state index in [1.165, 1.54) is 32.3 Å². The minimum absolute atomic E-state index is 0.0469. The molecule has 0 aromatic rings. The van der Waals surface area contributed by atoms with Gasteiger partial charge in [-0.05, 0) is 51.4 Å². The summed E-state index contributed by atoms with van der Waals surface area (Å²) in [6.07, 6.45) is 28.0. The number of likely N-dealkylation sites (N-methyl/N-ethyl adjacent to an activating group) is 1.